The van der Waals surface area contributed by atoms with E-state index in [0.717, 1.165) is 44.8 Å². The van der Waals surface area contributed by atoms with E-state index in [0.29, 0.717) is 0 Å². The van der Waals surface area contributed by atoms with E-state index in [1.807, 2.05) is 12.1 Å². The zero-order valence-corrected chi connectivity index (χ0v) is 11.1. The molecule has 0 bridgehead atoms. The molecule has 1 aromatic carbocycles. The molecule has 104 valence electrons. The van der Waals surface area contributed by atoms with Crippen molar-refractivity contribution in [2.45, 2.75) is 12.8 Å². The summed E-state index contributed by atoms with van der Waals surface area (Å²) in [6.07, 6.45) is 0.995. The van der Waals surface area contributed by atoms with E-state index in [1.165, 1.54) is 5.69 Å². The minimum absolute atomic E-state index is 0.262. The third-order valence-corrected chi connectivity index (χ3v) is 3.50. The summed E-state index contributed by atoms with van der Waals surface area (Å²) >= 11 is 0. The lowest BCUT2D eigenvalue weighted by Crippen LogP contribution is -2.46. The molecule has 0 atom stereocenters. The summed E-state index contributed by atoms with van der Waals surface area (Å²) in [4.78, 5) is 15.1. The predicted octanol–water partition coefficient (Wildman–Crippen LogP) is 1.26. The van der Waals surface area contributed by atoms with Crippen molar-refractivity contribution in [3.8, 4) is 0 Å². The number of benzene rings is 1. The Hall–Kier alpha value is -1.75. The number of piperazine rings is 1. The fourth-order valence-corrected chi connectivity index (χ4v) is 2.37. The molecule has 1 saturated heterocycles. The van der Waals surface area contributed by atoms with Crippen LogP contribution in [0.25, 0.3) is 0 Å². The minimum Gasteiger partial charge on any atom is -0.481 e. The summed E-state index contributed by atoms with van der Waals surface area (Å²) in [5.41, 5.74) is 7.68. The van der Waals surface area contributed by atoms with Gasteiger partial charge in [0.25, 0.3) is 0 Å². The lowest BCUT2D eigenvalue weighted by atomic mass is 10.2. The number of aliphatic carboxylic acids is 1. The Morgan fingerprint density at radius 3 is 2.37 bits per heavy atom. The maximum atomic E-state index is 10.5. The Morgan fingerprint density at radius 1 is 1.16 bits per heavy atom. The smallest absolute Gasteiger partial charge is 0.303 e. The van der Waals surface area contributed by atoms with E-state index in [9.17, 15) is 4.79 Å². The van der Waals surface area contributed by atoms with Gasteiger partial charge in [-0.05, 0) is 37.2 Å². The Labute approximate surface area is 113 Å². The second-order valence-corrected chi connectivity index (χ2v) is 4.92. The van der Waals surface area contributed by atoms with Gasteiger partial charge in [0.2, 0.25) is 0 Å². The normalized spacial score (nSPS) is 16.5. The second-order valence-electron chi connectivity index (χ2n) is 4.92. The van der Waals surface area contributed by atoms with Gasteiger partial charge < -0.3 is 15.7 Å². The lowest BCUT2D eigenvalue weighted by molar-refractivity contribution is -0.137. The molecule has 1 aliphatic heterocycles. The van der Waals surface area contributed by atoms with Gasteiger partial charge in [0.05, 0.1) is 0 Å². The molecule has 2 rings (SSSR count). The molecule has 0 spiro atoms. The minimum atomic E-state index is -0.708. The highest BCUT2D eigenvalue weighted by atomic mass is 16.4. The zero-order valence-electron chi connectivity index (χ0n) is 11.1. The highest BCUT2D eigenvalue weighted by molar-refractivity contribution is 5.66. The summed E-state index contributed by atoms with van der Waals surface area (Å²) in [5, 5.41) is 8.62. The van der Waals surface area contributed by atoms with Crippen LogP contribution in [0, 0.1) is 0 Å². The molecule has 0 unspecified atom stereocenters. The van der Waals surface area contributed by atoms with Gasteiger partial charge in [0, 0.05) is 44.0 Å². The van der Waals surface area contributed by atoms with E-state index in [2.05, 4.69) is 21.9 Å². The first-order chi connectivity index (χ1) is 9.15. The van der Waals surface area contributed by atoms with Crippen molar-refractivity contribution in [2.75, 3.05) is 43.4 Å². The number of rotatable bonds is 5. The predicted molar refractivity (Wildman–Crippen MR) is 76.4 cm³/mol. The van der Waals surface area contributed by atoms with Gasteiger partial charge in [-0.2, -0.15) is 0 Å². The van der Waals surface area contributed by atoms with E-state index >= 15 is 0 Å². The van der Waals surface area contributed by atoms with Crippen molar-refractivity contribution in [1.29, 1.82) is 0 Å². The molecule has 0 amide bonds. The molecular formula is C14H21N3O2. The van der Waals surface area contributed by atoms with Crippen LogP contribution in [0.4, 0.5) is 11.4 Å². The van der Waals surface area contributed by atoms with Gasteiger partial charge in [-0.25, -0.2) is 0 Å². The molecule has 1 aliphatic rings. The zero-order chi connectivity index (χ0) is 13.7. The monoisotopic (exact) mass is 263 g/mol. The van der Waals surface area contributed by atoms with Crippen LogP contribution >= 0.6 is 0 Å². The lowest BCUT2D eigenvalue weighted by Gasteiger charge is -2.36. The molecule has 1 heterocycles. The van der Waals surface area contributed by atoms with Gasteiger partial charge in [0.15, 0.2) is 0 Å². The van der Waals surface area contributed by atoms with Gasteiger partial charge in [-0.15, -0.1) is 0 Å². The van der Waals surface area contributed by atoms with Crippen molar-refractivity contribution in [1.82, 2.24) is 4.90 Å². The first kappa shape index (κ1) is 13.7. The van der Waals surface area contributed by atoms with E-state index in [1.54, 1.807) is 0 Å². The molecule has 0 radical (unpaired) electrons. The van der Waals surface area contributed by atoms with Crippen LogP contribution in [0.1, 0.15) is 12.8 Å². The molecule has 19 heavy (non-hydrogen) atoms. The first-order valence-electron chi connectivity index (χ1n) is 6.70. The van der Waals surface area contributed by atoms with Crippen molar-refractivity contribution >= 4 is 17.3 Å². The number of nitrogen functional groups attached to an aromatic ring is 1. The molecule has 1 aromatic rings. The number of nitrogens with zero attached hydrogens (tertiary/aromatic N) is 2. The molecular weight excluding hydrogens is 242 g/mol. The highest BCUT2D eigenvalue weighted by Gasteiger charge is 2.16. The SMILES string of the molecule is Nc1ccc(N2CCN(CCCC(=O)O)CC2)cc1. The number of anilines is 2. The Balaban J connectivity index is 1.76. The topological polar surface area (TPSA) is 69.8 Å². The number of hydrogen-bond acceptors (Lipinski definition) is 4. The maximum absolute atomic E-state index is 10.5. The van der Waals surface area contributed by atoms with Crippen LogP contribution in [0.15, 0.2) is 24.3 Å². The van der Waals surface area contributed by atoms with Crippen LogP contribution in [-0.2, 0) is 4.79 Å². The third-order valence-electron chi connectivity index (χ3n) is 3.50. The fraction of sp³-hybridized carbons (Fsp3) is 0.500. The average Bonchev–Trinajstić information content (AvgIpc) is 2.40. The molecule has 5 heteroatoms. The van der Waals surface area contributed by atoms with Crippen LogP contribution in [-0.4, -0.2) is 48.7 Å². The van der Waals surface area contributed by atoms with Gasteiger partial charge in [0.1, 0.15) is 0 Å². The third kappa shape index (κ3) is 4.13. The molecule has 0 saturated carbocycles. The van der Waals surface area contributed by atoms with E-state index < -0.39 is 5.97 Å². The number of nitrogens with two attached hydrogens (primary N) is 1. The first-order valence-corrected chi connectivity index (χ1v) is 6.70. The Bertz CT molecular complexity index is 411. The van der Waals surface area contributed by atoms with Gasteiger partial charge >= 0.3 is 5.97 Å². The van der Waals surface area contributed by atoms with Crippen molar-refractivity contribution in [3.05, 3.63) is 24.3 Å². The second kappa shape index (κ2) is 6.43. The van der Waals surface area contributed by atoms with Crippen LogP contribution < -0.4 is 10.6 Å². The van der Waals surface area contributed by atoms with Gasteiger partial charge in [-0.3, -0.25) is 9.69 Å². The van der Waals surface area contributed by atoms with Crippen LogP contribution in [0.2, 0.25) is 0 Å². The number of carboxylic acid groups (broad SMARTS) is 1. The molecule has 0 aliphatic carbocycles. The summed E-state index contributed by atoms with van der Waals surface area (Å²) in [7, 11) is 0. The molecule has 1 fully saturated rings. The summed E-state index contributed by atoms with van der Waals surface area (Å²) in [6.45, 7) is 4.82. The summed E-state index contributed by atoms with van der Waals surface area (Å²) in [5.74, 6) is -0.708. The fourth-order valence-electron chi connectivity index (χ4n) is 2.37. The highest BCUT2D eigenvalue weighted by Crippen LogP contribution is 2.18. The Morgan fingerprint density at radius 2 is 1.79 bits per heavy atom. The number of carboxylic acids is 1. The van der Waals surface area contributed by atoms with Gasteiger partial charge in [-0.1, -0.05) is 0 Å². The van der Waals surface area contributed by atoms with E-state index in [-0.39, 0.29) is 6.42 Å². The van der Waals surface area contributed by atoms with Crippen LogP contribution in [0.5, 0.6) is 0 Å². The van der Waals surface area contributed by atoms with Crippen molar-refractivity contribution in [2.24, 2.45) is 0 Å². The summed E-state index contributed by atoms with van der Waals surface area (Å²) < 4.78 is 0. The molecule has 0 aromatic heterocycles. The largest absolute Gasteiger partial charge is 0.481 e. The number of hydrogen-bond donors (Lipinski definition) is 2. The van der Waals surface area contributed by atoms with Crippen molar-refractivity contribution < 1.29 is 9.90 Å². The van der Waals surface area contributed by atoms with E-state index in [4.69, 9.17) is 10.8 Å². The molecule has 5 nitrogen and oxygen atoms in total. The Kier molecular flexibility index (Phi) is 4.63. The van der Waals surface area contributed by atoms with Crippen LogP contribution in [0.3, 0.4) is 0 Å². The summed E-state index contributed by atoms with van der Waals surface area (Å²) in [6, 6.07) is 7.95. The quantitative estimate of drug-likeness (QED) is 0.783. The maximum Gasteiger partial charge on any atom is 0.303 e. The number of carbonyl (C=O) groups is 1. The average molecular weight is 263 g/mol. The molecule has 3 N–H and O–H groups in total. The standard InChI is InChI=1S/C14H21N3O2/c15-12-3-5-13(6-4-12)17-10-8-16(9-11-17)7-1-2-14(18)19/h3-6H,1-2,7-11,15H2,(H,18,19). The van der Waals surface area contributed by atoms with Crippen molar-refractivity contribution in [3.63, 3.8) is 0 Å².